The second kappa shape index (κ2) is 7.57. The lowest BCUT2D eigenvalue weighted by Crippen LogP contribution is -2.21. The van der Waals surface area contributed by atoms with Gasteiger partial charge in [-0.1, -0.05) is 0 Å². The molecule has 0 radical (unpaired) electrons. The van der Waals surface area contributed by atoms with Gasteiger partial charge in [-0.3, -0.25) is 4.79 Å². The summed E-state index contributed by atoms with van der Waals surface area (Å²) in [5.41, 5.74) is 1.81. The van der Waals surface area contributed by atoms with Crippen LogP contribution in [0.1, 0.15) is 17.3 Å². The molecule has 2 N–H and O–H groups in total. The summed E-state index contributed by atoms with van der Waals surface area (Å²) in [6, 6.07) is 11.9. The van der Waals surface area contributed by atoms with Gasteiger partial charge in [0.15, 0.2) is 11.5 Å². The second-order valence-corrected chi connectivity index (χ2v) is 5.27. The highest BCUT2D eigenvalue weighted by molar-refractivity contribution is 5.95. The van der Waals surface area contributed by atoms with Crippen LogP contribution >= 0.6 is 0 Å². The van der Waals surface area contributed by atoms with Crippen molar-refractivity contribution in [1.82, 2.24) is 0 Å². The highest BCUT2D eigenvalue weighted by Gasteiger charge is 2.13. The number of ether oxygens (including phenoxy) is 3. The van der Waals surface area contributed by atoms with E-state index in [1.165, 1.54) is 0 Å². The zero-order valence-electron chi connectivity index (χ0n) is 13.7. The van der Waals surface area contributed by atoms with Crippen LogP contribution in [0.2, 0.25) is 0 Å². The Balaban J connectivity index is 1.51. The highest BCUT2D eigenvalue weighted by atomic mass is 16.7. The van der Waals surface area contributed by atoms with Crippen LogP contribution in [-0.4, -0.2) is 31.8 Å². The first-order valence-corrected chi connectivity index (χ1v) is 7.86. The maximum absolute atomic E-state index is 12.0. The Hall–Kier alpha value is -3.22. The number of rotatable bonds is 6. The maximum atomic E-state index is 12.0. The number of anilines is 2. The Morgan fingerprint density at radius 2 is 1.76 bits per heavy atom. The minimum atomic E-state index is -0.384. The van der Waals surface area contributed by atoms with Crippen LogP contribution in [-0.2, 0) is 9.53 Å². The zero-order chi connectivity index (χ0) is 17.6. The fourth-order valence-corrected chi connectivity index (χ4v) is 2.30. The largest absolute Gasteiger partial charge is 0.462 e. The van der Waals surface area contributed by atoms with Gasteiger partial charge in [-0.2, -0.15) is 0 Å². The molecule has 0 atom stereocenters. The van der Waals surface area contributed by atoms with Crippen LogP contribution in [0.5, 0.6) is 11.5 Å². The molecular weight excluding hydrogens is 324 g/mol. The van der Waals surface area contributed by atoms with Gasteiger partial charge in [-0.15, -0.1) is 0 Å². The quantitative estimate of drug-likeness (QED) is 0.785. The first-order valence-electron chi connectivity index (χ1n) is 7.86. The molecule has 1 heterocycles. The number of benzene rings is 2. The summed E-state index contributed by atoms with van der Waals surface area (Å²) in [6.45, 7) is 2.38. The number of hydrogen-bond acceptors (Lipinski definition) is 6. The summed E-state index contributed by atoms with van der Waals surface area (Å²) >= 11 is 0. The number of esters is 1. The summed E-state index contributed by atoms with van der Waals surface area (Å²) < 4.78 is 15.4. The van der Waals surface area contributed by atoms with E-state index in [2.05, 4.69) is 10.6 Å². The van der Waals surface area contributed by atoms with Crippen molar-refractivity contribution in [1.29, 1.82) is 0 Å². The van der Waals surface area contributed by atoms with E-state index in [1.807, 2.05) is 6.07 Å². The van der Waals surface area contributed by atoms with E-state index in [1.54, 1.807) is 43.3 Å². The van der Waals surface area contributed by atoms with Gasteiger partial charge >= 0.3 is 5.97 Å². The minimum Gasteiger partial charge on any atom is -0.462 e. The van der Waals surface area contributed by atoms with Gasteiger partial charge in [0.05, 0.1) is 18.7 Å². The average Bonchev–Trinajstić information content (AvgIpc) is 3.08. The summed E-state index contributed by atoms with van der Waals surface area (Å²) in [5, 5.41) is 5.77. The standard InChI is InChI=1S/C18H18N2O5/c1-2-23-18(22)12-3-5-13(6-4-12)20-17(21)10-19-14-7-8-15-16(9-14)25-11-24-15/h3-9,19H,2,10-11H2,1H3,(H,20,21). The molecule has 0 bridgehead atoms. The number of amides is 1. The number of carbonyl (C=O) groups excluding carboxylic acids is 2. The van der Waals surface area contributed by atoms with E-state index in [0.29, 0.717) is 29.4 Å². The van der Waals surface area contributed by atoms with E-state index in [-0.39, 0.29) is 25.2 Å². The molecule has 25 heavy (non-hydrogen) atoms. The van der Waals surface area contributed by atoms with E-state index in [0.717, 1.165) is 5.69 Å². The number of nitrogens with one attached hydrogen (secondary N) is 2. The van der Waals surface area contributed by atoms with Crippen LogP contribution in [0.4, 0.5) is 11.4 Å². The van der Waals surface area contributed by atoms with Crippen LogP contribution in [0.25, 0.3) is 0 Å². The first-order chi connectivity index (χ1) is 12.2. The van der Waals surface area contributed by atoms with Gasteiger partial charge in [-0.25, -0.2) is 4.79 Å². The van der Waals surface area contributed by atoms with E-state index in [4.69, 9.17) is 14.2 Å². The molecule has 1 amide bonds. The molecule has 130 valence electrons. The average molecular weight is 342 g/mol. The van der Waals surface area contributed by atoms with Gasteiger partial charge in [0, 0.05) is 17.4 Å². The van der Waals surface area contributed by atoms with E-state index >= 15 is 0 Å². The molecule has 0 spiro atoms. The molecule has 3 rings (SSSR count). The lowest BCUT2D eigenvalue weighted by Gasteiger charge is -2.09. The lowest BCUT2D eigenvalue weighted by atomic mass is 10.2. The molecule has 0 fully saturated rings. The Morgan fingerprint density at radius 1 is 1.04 bits per heavy atom. The monoisotopic (exact) mass is 342 g/mol. The predicted molar refractivity (Wildman–Crippen MR) is 92.1 cm³/mol. The Kier molecular flexibility index (Phi) is 5.03. The molecular formula is C18H18N2O5. The molecule has 0 unspecified atom stereocenters. The van der Waals surface area contributed by atoms with Crippen LogP contribution in [0, 0.1) is 0 Å². The normalized spacial score (nSPS) is 11.7. The summed E-state index contributed by atoms with van der Waals surface area (Å²) in [6.07, 6.45) is 0. The fourth-order valence-electron chi connectivity index (χ4n) is 2.30. The van der Waals surface area contributed by atoms with E-state index < -0.39 is 0 Å². The molecule has 0 aromatic heterocycles. The maximum Gasteiger partial charge on any atom is 0.338 e. The molecule has 2 aromatic carbocycles. The molecule has 0 saturated heterocycles. The topological polar surface area (TPSA) is 85.9 Å². The zero-order valence-corrected chi connectivity index (χ0v) is 13.7. The third-order valence-electron chi connectivity index (χ3n) is 3.51. The third-order valence-corrected chi connectivity index (χ3v) is 3.51. The van der Waals surface area contributed by atoms with Crippen molar-refractivity contribution in [3.8, 4) is 11.5 Å². The lowest BCUT2D eigenvalue weighted by molar-refractivity contribution is -0.114. The predicted octanol–water partition coefficient (Wildman–Crippen LogP) is 2.64. The molecule has 7 nitrogen and oxygen atoms in total. The SMILES string of the molecule is CCOC(=O)c1ccc(NC(=O)CNc2ccc3c(c2)OCO3)cc1. The third kappa shape index (κ3) is 4.20. The van der Waals surface area contributed by atoms with Gasteiger partial charge in [0.2, 0.25) is 12.7 Å². The minimum absolute atomic E-state index is 0.0965. The van der Waals surface area contributed by atoms with Crippen molar-refractivity contribution in [3.63, 3.8) is 0 Å². The molecule has 1 aliphatic rings. The number of carbonyl (C=O) groups is 2. The number of fused-ring (bicyclic) bond motifs is 1. The van der Waals surface area contributed by atoms with Crippen molar-refractivity contribution in [2.45, 2.75) is 6.92 Å². The molecule has 1 aliphatic heterocycles. The Bertz CT molecular complexity index is 774. The van der Waals surface area contributed by atoms with Crippen molar-refractivity contribution < 1.29 is 23.8 Å². The Labute approximate surface area is 144 Å². The van der Waals surface area contributed by atoms with Crippen molar-refractivity contribution in [3.05, 3.63) is 48.0 Å². The second-order valence-electron chi connectivity index (χ2n) is 5.27. The fraction of sp³-hybridized carbons (Fsp3) is 0.222. The molecule has 7 heteroatoms. The Morgan fingerprint density at radius 3 is 2.52 bits per heavy atom. The highest BCUT2D eigenvalue weighted by Crippen LogP contribution is 2.34. The van der Waals surface area contributed by atoms with Gasteiger partial charge in [0.1, 0.15) is 0 Å². The summed E-state index contributed by atoms with van der Waals surface area (Å²) in [4.78, 5) is 23.6. The summed E-state index contributed by atoms with van der Waals surface area (Å²) in [7, 11) is 0. The number of hydrogen-bond donors (Lipinski definition) is 2. The van der Waals surface area contributed by atoms with Crippen molar-refractivity contribution >= 4 is 23.3 Å². The molecule has 2 aromatic rings. The summed E-state index contributed by atoms with van der Waals surface area (Å²) in [5.74, 6) is 0.753. The van der Waals surface area contributed by atoms with Crippen LogP contribution in [0.15, 0.2) is 42.5 Å². The van der Waals surface area contributed by atoms with Crippen LogP contribution < -0.4 is 20.1 Å². The smallest absolute Gasteiger partial charge is 0.338 e. The van der Waals surface area contributed by atoms with Crippen LogP contribution in [0.3, 0.4) is 0 Å². The molecule has 0 saturated carbocycles. The van der Waals surface area contributed by atoms with Crippen molar-refractivity contribution in [2.75, 3.05) is 30.6 Å². The van der Waals surface area contributed by atoms with Gasteiger partial charge < -0.3 is 24.8 Å². The van der Waals surface area contributed by atoms with Gasteiger partial charge in [0.25, 0.3) is 0 Å². The van der Waals surface area contributed by atoms with Gasteiger partial charge in [-0.05, 0) is 43.3 Å². The van der Waals surface area contributed by atoms with E-state index in [9.17, 15) is 9.59 Å². The first kappa shape index (κ1) is 16.6. The van der Waals surface area contributed by atoms with Crippen molar-refractivity contribution in [2.24, 2.45) is 0 Å². The molecule has 0 aliphatic carbocycles.